The molecule has 1 unspecified atom stereocenters. The van der Waals surface area contributed by atoms with Crippen molar-refractivity contribution in [3.05, 3.63) is 35.9 Å². The highest BCUT2D eigenvalue weighted by atomic mass is 16.4. The van der Waals surface area contributed by atoms with Gasteiger partial charge in [0, 0.05) is 25.2 Å². The molecular weight excluding hydrogens is 240 g/mol. The summed E-state index contributed by atoms with van der Waals surface area (Å²) in [7, 11) is 0. The third-order valence-electron chi connectivity index (χ3n) is 3.89. The Kier molecular flexibility index (Phi) is 4.80. The van der Waals surface area contributed by atoms with Gasteiger partial charge < -0.3 is 15.3 Å². The molecule has 1 aliphatic rings. The zero-order valence-corrected chi connectivity index (χ0v) is 11.4. The quantitative estimate of drug-likeness (QED) is 0.880. The second-order valence-corrected chi connectivity index (χ2v) is 5.19. The molecule has 1 aliphatic heterocycles. The van der Waals surface area contributed by atoms with Gasteiger partial charge in [-0.15, -0.1) is 0 Å². The van der Waals surface area contributed by atoms with E-state index in [9.17, 15) is 9.90 Å². The summed E-state index contributed by atoms with van der Waals surface area (Å²) in [4.78, 5) is 12.8. The summed E-state index contributed by atoms with van der Waals surface area (Å²) in [5.74, 6) is 0. The van der Waals surface area contributed by atoms with Crippen molar-refractivity contribution in [1.82, 2.24) is 10.2 Å². The zero-order chi connectivity index (χ0) is 13.7. The predicted octanol–water partition coefficient (Wildman–Crippen LogP) is 2.70. The number of nitrogens with zero attached hydrogens (tertiary/aromatic N) is 1. The van der Waals surface area contributed by atoms with Crippen molar-refractivity contribution >= 4 is 6.09 Å². The smallest absolute Gasteiger partial charge is 0.407 e. The zero-order valence-electron chi connectivity index (χ0n) is 11.4. The molecule has 0 aliphatic carbocycles. The summed E-state index contributed by atoms with van der Waals surface area (Å²) in [5, 5.41) is 12.7. The van der Waals surface area contributed by atoms with Crippen LogP contribution in [0.15, 0.2) is 30.3 Å². The number of carboxylic acid groups (broad SMARTS) is 1. The molecule has 0 aromatic heterocycles. The molecule has 4 heteroatoms. The number of hydrogen-bond donors (Lipinski definition) is 2. The van der Waals surface area contributed by atoms with Gasteiger partial charge in [0.15, 0.2) is 0 Å². The molecule has 2 rings (SSSR count). The van der Waals surface area contributed by atoms with E-state index >= 15 is 0 Å². The number of benzene rings is 1. The third kappa shape index (κ3) is 3.70. The number of likely N-dealkylation sites (tertiary alicyclic amines) is 1. The molecule has 1 fully saturated rings. The molecule has 1 aromatic carbocycles. The van der Waals surface area contributed by atoms with Crippen LogP contribution in [0.5, 0.6) is 0 Å². The predicted molar refractivity (Wildman–Crippen MR) is 75.1 cm³/mol. The van der Waals surface area contributed by atoms with Gasteiger partial charge in [0.2, 0.25) is 0 Å². The van der Waals surface area contributed by atoms with E-state index in [-0.39, 0.29) is 12.1 Å². The van der Waals surface area contributed by atoms with Crippen LogP contribution in [0, 0.1) is 0 Å². The van der Waals surface area contributed by atoms with Crippen LogP contribution in [0.3, 0.4) is 0 Å². The molecule has 2 atom stereocenters. The van der Waals surface area contributed by atoms with Gasteiger partial charge in [0.1, 0.15) is 0 Å². The number of amides is 1. The van der Waals surface area contributed by atoms with Gasteiger partial charge in [-0.1, -0.05) is 36.8 Å². The van der Waals surface area contributed by atoms with E-state index in [0.29, 0.717) is 6.54 Å². The maximum atomic E-state index is 11.2. The average molecular weight is 262 g/mol. The normalized spacial score (nSPS) is 23.9. The minimum atomic E-state index is -0.805. The minimum Gasteiger partial charge on any atom is -0.465 e. The van der Waals surface area contributed by atoms with Crippen LogP contribution in [-0.4, -0.2) is 34.7 Å². The first kappa shape index (κ1) is 13.9. The fraction of sp³-hybridized carbons (Fsp3) is 0.533. The Bertz CT molecular complexity index is 408. The minimum absolute atomic E-state index is 0.0312. The van der Waals surface area contributed by atoms with E-state index in [0.717, 1.165) is 25.8 Å². The fourth-order valence-electron chi connectivity index (χ4n) is 2.70. The van der Waals surface area contributed by atoms with Gasteiger partial charge in [-0.3, -0.25) is 0 Å². The lowest BCUT2D eigenvalue weighted by atomic mass is 10.0. The first-order chi connectivity index (χ1) is 9.18. The Morgan fingerprint density at radius 1 is 1.37 bits per heavy atom. The number of carbonyl (C=O) groups is 1. The standard InChI is InChI=1S/C15H22N2O2/c1-12-14(9-5-6-10-17(12)15(18)19)16-11-13-7-3-2-4-8-13/h2-4,7-8,12,14,16H,5-6,9-11H2,1H3,(H,18,19)/t12?,14-/m1/s1. The van der Waals surface area contributed by atoms with E-state index in [1.165, 1.54) is 5.56 Å². The Labute approximate surface area is 114 Å². The number of nitrogens with one attached hydrogen (secondary N) is 1. The van der Waals surface area contributed by atoms with Gasteiger partial charge in [0.05, 0.1) is 0 Å². The summed E-state index contributed by atoms with van der Waals surface area (Å²) in [6.45, 7) is 3.45. The Hall–Kier alpha value is -1.55. The molecule has 1 aromatic rings. The summed E-state index contributed by atoms with van der Waals surface area (Å²) < 4.78 is 0. The van der Waals surface area contributed by atoms with Crippen molar-refractivity contribution in [2.24, 2.45) is 0 Å². The molecular formula is C15H22N2O2. The summed E-state index contributed by atoms with van der Waals surface area (Å²) in [6.07, 6.45) is 2.28. The molecule has 1 amide bonds. The second-order valence-electron chi connectivity index (χ2n) is 5.19. The highest BCUT2D eigenvalue weighted by Gasteiger charge is 2.28. The summed E-state index contributed by atoms with van der Waals surface area (Å²) >= 11 is 0. The molecule has 2 N–H and O–H groups in total. The number of rotatable bonds is 3. The van der Waals surface area contributed by atoms with Crippen LogP contribution < -0.4 is 5.32 Å². The Morgan fingerprint density at radius 2 is 2.11 bits per heavy atom. The van der Waals surface area contributed by atoms with Gasteiger partial charge >= 0.3 is 6.09 Å². The average Bonchev–Trinajstić information content (AvgIpc) is 2.60. The Balaban J connectivity index is 1.96. The van der Waals surface area contributed by atoms with Crippen molar-refractivity contribution in [2.45, 2.75) is 44.8 Å². The molecule has 0 spiro atoms. The lowest BCUT2D eigenvalue weighted by Gasteiger charge is -2.30. The molecule has 1 saturated heterocycles. The van der Waals surface area contributed by atoms with Crippen molar-refractivity contribution in [3.8, 4) is 0 Å². The molecule has 4 nitrogen and oxygen atoms in total. The van der Waals surface area contributed by atoms with Crippen LogP contribution >= 0.6 is 0 Å². The topological polar surface area (TPSA) is 52.6 Å². The van der Waals surface area contributed by atoms with Crippen LogP contribution in [0.2, 0.25) is 0 Å². The largest absolute Gasteiger partial charge is 0.465 e. The first-order valence-electron chi connectivity index (χ1n) is 6.95. The maximum Gasteiger partial charge on any atom is 0.407 e. The summed E-state index contributed by atoms with van der Waals surface area (Å²) in [6, 6.07) is 10.5. The second kappa shape index (κ2) is 6.57. The fourth-order valence-corrected chi connectivity index (χ4v) is 2.70. The lowest BCUT2D eigenvalue weighted by molar-refractivity contribution is 0.121. The van der Waals surface area contributed by atoms with Crippen molar-refractivity contribution in [2.75, 3.05) is 6.54 Å². The maximum absolute atomic E-state index is 11.2. The molecule has 0 radical (unpaired) electrons. The van der Waals surface area contributed by atoms with Gasteiger partial charge in [-0.25, -0.2) is 4.79 Å². The summed E-state index contributed by atoms with van der Waals surface area (Å²) in [5.41, 5.74) is 1.24. The highest BCUT2D eigenvalue weighted by molar-refractivity contribution is 5.65. The molecule has 104 valence electrons. The van der Waals surface area contributed by atoms with Crippen LogP contribution in [0.1, 0.15) is 31.7 Å². The van der Waals surface area contributed by atoms with Crippen molar-refractivity contribution in [3.63, 3.8) is 0 Å². The van der Waals surface area contributed by atoms with Crippen molar-refractivity contribution in [1.29, 1.82) is 0 Å². The highest BCUT2D eigenvalue weighted by Crippen LogP contribution is 2.18. The van der Waals surface area contributed by atoms with Crippen LogP contribution in [-0.2, 0) is 6.54 Å². The first-order valence-corrected chi connectivity index (χ1v) is 6.95. The van der Waals surface area contributed by atoms with Crippen molar-refractivity contribution < 1.29 is 9.90 Å². The van der Waals surface area contributed by atoms with Crippen LogP contribution in [0.25, 0.3) is 0 Å². The molecule has 19 heavy (non-hydrogen) atoms. The number of hydrogen-bond acceptors (Lipinski definition) is 2. The van der Waals surface area contributed by atoms with E-state index in [1.54, 1.807) is 4.90 Å². The van der Waals surface area contributed by atoms with Crippen LogP contribution in [0.4, 0.5) is 4.79 Å². The van der Waals surface area contributed by atoms with E-state index in [1.807, 2.05) is 25.1 Å². The van der Waals surface area contributed by atoms with Gasteiger partial charge in [0.25, 0.3) is 0 Å². The molecule has 1 heterocycles. The van der Waals surface area contributed by atoms with E-state index in [2.05, 4.69) is 17.4 Å². The molecule has 0 saturated carbocycles. The van der Waals surface area contributed by atoms with Gasteiger partial charge in [-0.05, 0) is 25.3 Å². The van der Waals surface area contributed by atoms with Gasteiger partial charge in [-0.2, -0.15) is 0 Å². The van der Waals surface area contributed by atoms with E-state index in [4.69, 9.17) is 0 Å². The third-order valence-corrected chi connectivity index (χ3v) is 3.89. The van der Waals surface area contributed by atoms with E-state index < -0.39 is 6.09 Å². The molecule has 0 bridgehead atoms. The monoisotopic (exact) mass is 262 g/mol. The lowest BCUT2D eigenvalue weighted by Crippen LogP contribution is -2.49. The Morgan fingerprint density at radius 3 is 2.79 bits per heavy atom. The SMILES string of the molecule is CC1[C@H](NCc2ccccc2)CCCCN1C(=O)O.